The van der Waals surface area contributed by atoms with Crippen LogP contribution in [0.1, 0.15) is 31.4 Å². The Labute approximate surface area is 125 Å². The van der Waals surface area contributed by atoms with E-state index in [1.54, 1.807) is 6.07 Å². The zero-order chi connectivity index (χ0) is 15.4. The second kappa shape index (κ2) is 7.00. The Kier molecular flexibility index (Phi) is 5.31. The van der Waals surface area contributed by atoms with Crippen LogP contribution in [0.3, 0.4) is 0 Å². The molecule has 0 spiro atoms. The zero-order valence-corrected chi connectivity index (χ0v) is 12.6. The van der Waals surface area contributed by atoms with Crippen LogP contribution in [0.4, 0.5) is 4.39 Å². The van der Waals surface area contributed by atoms with Gasteiger partial charge < -0.3 is 5.11 Å². The van der Waals surface area contributed by atoms with Crippen molar-refractivity contribution in [3.05, 3.63) is 35.6 Å². The van der Waals surface area contributed by atoms with Crippen molar-refractivity contribution in [1.82, 2.24) is 9.80 Å². The number of benzene rings is 1. The minimum atomic E-state index is -0.792. The summed E-state index contributed by atoms with van der Waals surface area (Å²) in [6.45, 7) is 3.83. The molecule has 1 aliphatic heterocycles. The van der Waals surface area contributed by atoms with Crippen molar-refractivity contribution >= 4 is 5.97 Å². The molecule has 1 N–H and O–H groups in total. The fourth-order valence-electron chi connectivity index (χ4n) is 3.07. The van der Waals surface area contributed by atoms with E-state index in [1.165, 1.54) is 6.07 Å². The average molecular weight is 294 g/mol. The highest BCUT2D eigenvalue weighted by molar-refractivity contribution is 5.69. The molecule has 21 heavy (non-hydrogen) atoms. The molecule has 1 atom stereocenters. The number of hydrogen-bond acceptors (Lipinski definition) is 3. The molecular weight excluding hydrogens is 271 g/mol. The lowest BCUT2D eigenvalue weighted by molar-refractivity contribution is -0.138. The van der Waals surface area contributed by atoms with E-state index in [4.69, 9.17) is 5.11 Å². The molecule has 0 bridgehead atoms. The van der Waals surface area contributed by atoms with Crippen LogP contribution in [0.15, 0.2) is 24.3 Å². The number of piperidine rings is 1. The zero-order valence-electron chi connectivity index (χ0n) is 12.6. The van der Waals surface area contributed by atoms with Gasteiger partial charge in [-0.2, -0.15) is 0 Å². The molecule has 0 aliphatic carbocycles. The number of hydrogen-bond donors (Lipinski definition) is 1. The second-order valence-corrected chi connectivity index (χ2v) is 5.77. The molecule has 116 valence electrons. The van der Waals surface area contributed by atoms with Crippen LogP contribution in [0.25, 0.3) is 0 Å². The van der Waals surface area contributed by atoms with E-state index < -0.39 is 5.97 Å². The summed E-state index contributed by atoms with van der Waals surface area (Å²) in [5, 5.41) is 8.84. The van der Waals surface area contributed by atoms with E-state index in [-0.39, 0.29) is 18.4 Å². The predicted molar refractivity (Wildman–Crippen MR) is 79.7 cm³/mol. The Morgan fingerprint density at radius 3 is 2.62 bits per heavy atom. The fraction of sp³-hybridized carbons (Fsp3) is 0.562. The first-order chi connectivity index (χ1) is 9.99. The number of likely N-dealkylation sites (tertiary alicyclic amines) is 1. The number of nitrogens with zero attached hydrogens (tertiary/aromatic N) is 2. The van der Waals surface area contributed by atoms with Gasteiger partial charge in [-0.3, -0.25) is 14.6 Å². The number of halogens is 1. The highest BCUT2D eigenvalue weighted by Crippen LogP contribution is 2.27. The van der Waals surface area contributed by atoms with Crippen LogP contribution in [0, 0.1) is 5.82 Å². The summed E-state index contributed by atoms with van der Waals surface area (Å²) >= 11 is 0. The topological polar surface area (TPSA) is 43.8 Å². The molecule has 0 amide bonds. The lowest BCUT2D eigenvalue weighted by atomic mass is 9.99. The van der Waals surface area contributed by atoms with Crippen molar-refractivity contribution in [2.75, 3.05) is 26.7 Å². The van der Waals surface area contributed by atoms with E-state index in [0.717, 1.165) is 31.5 Å². The summed E-state index contributed by atoms with van der Waals surface area (Å²) in [4.78, 5) is 14.9. The Balaban J connectivity index is 1.92. The largest absolute Gasteiger partial charge is 0.480 e. The van der Waals surface area contributed by atoms with Gasteiger partial charge in [0.2, 0.25) is 0 Å². The summed E-state index contributed by atoms with van der Waals surface area (Å²) in [7, 11) is 1.86. The van der Waals surface area contributed by atoms with Gasteiger partial charge in [-0.1, -0.05) is 18.2 Å². The monoisotopic (exact) mass is 294 g/mol. The summed E-state index contributed by atoms with van der Waals surface area (Å²) in [5.41, 5.74) is 0.731. The molecule has 1 aromatic rings. The number of carboxylic acids is 1. The highest BCUT2D eigenvalue weighted by Gasteiger charge is 2.27. The molecule has 1 fully saturated rings. The minimum Gasteiger partial charge on any atom is -0.480 e. The van der Waals surface area contributed by atoms with Gasteiger partial charge in [-0.15, -0.1) is 0 Å². The third-order valence-corrected chi connectivity index (χ3v) is 4.41. The van der Waals surface area contributed by atoms with Crippen LogP contribution < -0.4 is 0 Å². The fourth-order valence-corrected chi connectivity index (χ4v) is 3.07. The number of rotatable bonds is 5. The van der Waals surface area contributed by atoms with Crippen LogP contribution in [0.2, 0.25) is 0 Å². The van der Waals surface area contributed by atoms with Crippen molar-refractivity contribution in [3.8, 4) is 0 Å². The van der Waals surface area contributed by atoms with E-state index in [9.17, 15) is 9.18 Å². The van der Waals surface area contributed by atoms with Gasteiger partial charge in [0.05, 0.1) is 6.54 Å². The predicted octanol–water partition coefficient (Wildman–Crippen LogP) is 2.37. The second-order valence-electron chi connectivity index (χ2n) is 5.77. The number of carboxylic acid groups (broad SMARTS) is 1. The third kappa shape index (κ3) is 4.02. The van der Waals surface area contributed by atoms with Gasteiger partial charge in [-0.25, -0.2) is 4.39 Å². The first kappa shape index (κ1) is 15.9. The molecule has 1 aromatic carbocycles. The Morgan fingerprint density at radius 2 is 2.05 bits per heavy atom. The Hall–Kier alpha value is -1.46. The Morgan fingerprint density at radius 1 is 1.43 bits per heavy atom. The summed E-state index contributed by atoms with van der Waals surface area (Å²) in [6.07, 6.45) is 1.84. The summed E-state index contributed by atoms with van der Waals surface area (Å²) in [6, 6.07) is 7.25. The van der Waals surface area contributed by atoms with Gasteiger partial charge in [0.25, 0.3) is 0 Å². The van der Waals surface area contributed by atoms with Gasteiger partial charge >= 0.3 is 5.97 Å². The van der Waals surface area contributed by atoms with Crippen molar-refractivity contribution in [2.45, 2.75) is 31.8 Å². The molecule has 1 heterocycles. The van der Waals surface area contributed by atoms with E-state index >= 15 is 0 Å². The molecule has 0 radical (unpaired) electrons. The molecule has 0 saturated carbocycles. The van der Waals surface area contributed by atoms with Gasteiger partial charge in [0.1, 0.15) is 5.82 Å². The van der Waals surface area contributed by atoms with Gasteiger partial charge in [0, 0.05) is 30.7 Å². The lowest BCUT2D eigenvalue weighted by Crippen LogP contribution is -2.45. The maximum absolute atomic E-state index is 13.8. The third-order valence-electron chi connectivity index (χ3n) is 4.41. The average Bonchev–Trinajstić information content (AvgIpc) is 2.46. The van der Waals surface area contributed by atoms with Gasteiger partial charge in [0.15, 0.2) is 0 Å². The van der Waals surface area contributed by atoms with Crippen LogP contribution in [0.5, 0.6) is 0 Å². The van der Waals surface area contributed by atoms with Crippen LogP contribution in [-0.2, 0) is 4.79 Å². The molecule has 1 unspecified atom stereocenters. The number of carbonyl (C=O) groups is 1. The lowest BCUT2D eigenvalue weighted by Gasteiger charge is -2.39. The molecule has 4 nitrogen and oxygen atoms in total. The summed E-state index contributed by atoms with van der Waals surface area (Å²) in [5.74, 6) is -0.949. The smallest absolute Gasteiger partial charge is 0.317 e. The molecule has 1 aliphatic rings. The number of likely N-dealkylation sites (N-methyl/N-ethyl adjacent to an activating group) is 1. The minimum absolute atomic E-state index is 0.0527. The first-order valence-corrected chi connectivity index (χ1v) is 7.39. The molecule has 5 heteroatoms. The van der Waals surface area contributed by atoms with Crippen LogP contribution in [-0.4, -0.2) is 53.6 Å². The van der Waals surface area contributed by atoms with E-state index in [1.807, 2.05) is 31.0 Å². The van der Waals surface area contributed by atoms with Crippen molar-refractivity contribution in [3.63, 3.8) is 0 Å². The normalized spacial score (nSPS) is 18.9. The van der Waals surface area contributed by atoms with Gasteiger partial charge in [-0.05, 0) is 32.9 Å². The maximum Gasteiger partial charge on any atom is 0.317 e. The molecule has 1 saturated heterocycles. The van der Waals surface area contributed by atoms with Crippen molar-refractivity contribution < 1.29 is 14.3 Å². The SMILES string of the molecule is CC(c1ccccc1F)N1CCC(N(C)CC(=O)O)CC1. The van der Waals surface area contributed by atoms with E-state index in [2.05, 4.69) is 4.90 Å². The first-order valence-electron chi connectivity index (χ1n) is 7.39. The molecule has 0 aromatic heterocycles. The molecular formula is C16H23FN2O2. The quantitative estimate of drug-likeness (QED) is 0.905. The van der Waals surface area contributed by atoms with Crippen molar-refractivity contribution in [1.29, 1.82) is 0 Å². The highest BCUT2D eigenvalue weighted by atomic mass is 19.1. The maximum atomic E-state index is 13.8. The van der Waals surface area contributed by atoms with E-state index in [0.29, 0.717) is 6.04 Å². The van der Waals surface area contributed by atoms with Crippen molar-refractivity contribution in [2.24, 2.45) is 0 Å². The summed E-state index contributed by atoms with van der Waals surface area (Å²) < 4.78 is 13.8. The standard InChI is InChI=1S/C16H23FN2O2/c1-12(14-5-3-4-6-15(14)17)19-9-7-13(8-10-19)18(2)11-16(20)21/h3-6,12-13H,7-11H2,1-2H3,(H,20,21). The van der Waals surface area contributed by atoms with Crippen LogP contribution >= 0.6 is 0 Å². The Bertz CT molecular complexity index is 487. The molecule has 2 rings (SSSR count). The number of aliphatic carboxylic acids is 1.